The molecule has 2 aliphatic heterocycles. The smallest absolute Gasteiger partial charge is 0.275 e. The van der Waals surface area contributed by atoms with Gasteiger partial charge in [0.1, 0.15) is 6.04 Å². The molecule has 4 N–H and O–H groups in total. The summed E-state index contributed by atoms with van der Waals surface area (Å²) >= 11 is 0. The molecular weight excluding hydrogens is 428 g/mol. The first-order valence-corrected chi connectivity index (χ1v) is 11.8. The molecule has 0 bridgehead atoms. The molecule has 2 aliphatic rings. The first-order valence-electron chi connectivity index (χ1n) is 11.8. The van der Waals surface area contributed by atoms with Gasteiger partial charge in [-0.05, 0) is 40.7 Å². The molecule has 0 radical (unpaired) electrons. The summed E-state index contributed by atoms with van der Waals surface area (Å²) in [4.78, 5) is 39.8. The molecule has 4 rings (SSSR count). The van der Waals surface area contributed by atoms with Crippen LogP contribution in [0.1, 0.15) is 54.2 Å². The number of likely N-dealkylation sites (N-methyl/N-ethyl adjacent to an activating group) is 1. The van der Waals surface area contributed by atoms with Crippen molar-refractivity contribution in [2.45, 2.75) is 44.7 Å². The maximum absolute atomic E-state index is 13.4. The van der Waals surface area contributed by atoms with E-state index in [-0.39, 0.29) is 29.2 Å². The number of hydrogen-bond acceptors (Lipinski definition) is 3. The second-order valence-corrected chi connectivity index (χ2v) is 10.1. The average molecular weight is 462 g/mol. The van der Waals surface area contributed by atoms with Gasteiger partial charge in [0.25, 0.3) is 11.8 Å². The first-order chi connectivity index (χ1) is 16.2. The van der Waals surface area contributed by atoms with Crippen LogP contribution in [0.2, 0.25) is 0 Å². The minimum absolute atomic E-state index is 0.0960. The summed E-state index contributed by atoms with van der Waals surface area (Å²) in [5, 5.41) is 7.61. The maximum Gasteiger partial charge on any atom is 0.275 e. The fourth-order valence-corrected chi connectivity index (χ4v) is 4.49. The minimum Gasteiger partial charge on any atom is -0.347 e. The Balaban J connectivity index is 1.53. The summed E-state index contributed by atoms with van der Waals surface area (Å²) in [5.41, 5.74) is 4.33. The highest BCUT2D eigenvalue weighted by molar-refractivity contribution is 6.10. The molecule has 0 unspecified atom stereocenters. The van der Waals surface area contributed by atoms with E-state index in [4.69, 9.17) is 0 Å². The summed E-state index contributed by atoms with van der Waals surface area (Å²) in [6, 6.07) is 13.1. The van der Waals surface area contributed by atoms with Crippen LogP contribution in [-0.4, -0.2) is 54.8 Å². The molecule has 0 aliphatic carbocycles. The third-order valence-corrected chi connectivity index (χ3v) is 6.40. The Kier molecular flexibility index (Phi) is 6.57. The van der Waals surface area contributed by atoms with Gasteiger partial charge in [-0.3, -0.25) is 14.4 Å². The number of nitrogens with zero attached hydrogens (tertiary/aromatic N) is 1. The largest absolute Gasteiger partial charge is 0.347 e. The molecule has 0 saturated carbocycles. The van der Waals surface area contributed by atoms with E-state index < -0.39 is 6.04 Å². The molecule has 1 fully saturated rings. The summed E-state index contributed by atoms with van der Waals surface area (Å²) in [6.07, 6.45) is 4.40. The average Bonchev–Trinajstić information content (AvgIpc) is 3.18. The van der Waals surface area contributed by atoms with E-state index in [0.717, 1.165) is 11.1 Å². The van der Waals surface area contributed by atoms with Crippen molar-refractivity contribution in [1.29, 1.82) is 0 Å². The second kappa shape index (κ2) is 9.43. The van der Waals surface area contributed by atoms with Crippen LogP contribution in [0.4, 0.5) is 5.69 Å². The van der Waals surface area contributed by atoms with E-state index in [0.29, 0.717) is 30.8 Å². The number of anilines is 1. The lowest BCUT2D eigenvalue weighted by molar-refractivity contribution is -0.615. The van der Waals surface area contributed by atoms with Crippen LogP contribution in [-0.2, 0) is 15.0 Å². The lowest BCUT2D eigenvalue weighted by Gasteiger charge is -2.20. The first kappa shape index (κ1) is 23.7. The lowest BCUT2D eigenvalue weighted by atomic mass is 9.87. The zero-order valence-corrected chi connectivity index (χ0v) is 20.2. The van der Waals surface area contributed by atoms with Crippen molar-refractivity contribution in [3.63, 3.8) is 0 Å². The van der Waals surface area contributed by atoms with Gasteiger partial charge in [0.15, 0.2) is 6.54 Å². The van der Waals surface area contributed by atoms with Crippen molar-refractivity contribution >= 4 is 35.6 Å². The molecule has 7 nitrogen and oxygen atoms in total. The monoisotopic (exact) mass is 461 g/mol. The third-order valence-electron chi connectivity index (χ3n) is 6.40. The highest BCUT2D eigenvalue weighted by Crippen LogP contribution is 2.30. The van der Waals surface area contributed by atoms with Gasteiger partial charge in [-0.2, -0.15) is 0 Å². The number of nitrogens with two attached hydrogens (primary N) is 1. The number of quaternary nitrogens is 1. The van der Waals surface area contributed by atoms with Gasteiger partial charge in [0.05, 0.1) is 18.3 Å². The molecule has 2 aromatic carbocycles. The third kappa shape index (κ3) is 5.04. The van der Waals surface area contributed by atoms with Crippen molar-refractivity contribution in [3.05, 3.63) is 64.7 Å². The van der Waals surface area contributed by atoms with Crippen LogP contribution < -0.4 is 16.0 Å². The van der Waals surface area contributed by atoms with Gasteiger partial charge >= 0.3 is 0 Å². The standard InChI is InChI=1S/C27H32N4O3/c1-27(2,3)19-10-7-17(8-11-19)5-6-18-9-12-22-21(13-18)26(34)31-16-20(29-24(32)15-28-4)14-23(31)25(33)30-22/h5-13,20,23,28H,14-16H2,1-4H3,(H,29,32)(H,30,33)/p+1/b6-5+/t20-,23-/m0/s1. The van der Waals surface area contributed by atoms with Crippen LogP contribution >= 0.6 is 0 Å². The van der Waals surface area contributed by atoms with Crippen molar-refractivity contribution in [2.75, 3.05) is 25.5 Å². The predicted molar refractivity (Wildman–Crippen MR) is 133 cm³/mol. The molecule has 0 spiro atoms. The van der Waals surface area contributed by atoms with E-state index >= 15 is 0 Å². The van der Waals surface area contributed by atoms with Crippen LogP contribution in [0, 0.1) is 0 Å². The number of carbonyl (C=O) groups is 3. The molecule has 178 valence electrons. The molecular formula is C27H33N4O3+. The topological polar surface area (TPSA) is 95.1 Å². The lowest BCUT2D eigenvalue weighted by Crippen LogP contribution is -2.82. The summed E-state index contributed by atoms with van der Waals surface area (Å²) < 4.78 is 0. The summed E-state index contributed by atoms with van der Waals surface area (Å²) in [7, 11) is 1.82. The van der Waals surface area contributed by atoms with Crippen molar-refractivity contribution in [1.82, 2.24) is 10.2 Å². The Hall–Kier alpha value is -3.45. The van der Waals surface area contributed by atoms with Gasteiger partial charge < -0.3 is 20.9 Å². The minimum atomic E-state index is -0.587. The number of carbonyl (C=O) groups excluding carboxylic acids is 3. The molecule has 2 aromatic rings. The number of benzene rings is 2. The van der Waals surface area contributed by atoms with Gasteiger partial charge in [-0.15, -0.1) is 0 Å². The Morgan fingerprint density at radius 2 is 1.79 bits per heavy atom. The molecule has 2 heterocycles. The normalized spacial score (nSPS) is 20.1. The maximum atomic E-state index is 13.4. The van der Waals surface area contributed by atoms with E-state index in [1.807, 2.05) is 31.3 Å². The van der Waals surface area contributed by atoms with Gasteiger partial charge in [-0.25, -0.2) is 0 Å². The molecule has 3 amide bonds. The Morgan fingerprint density at radius 1 is 1.12 bits per heavy atom. The molecule has 0 aromatic heterocycles. The summed E-state index contributed by atoms with van der Waals surface area (Å²) in [6.45, 7) is 7.21. The number of fused-ring (bicyclic) bond motifs is 2. The zero-order chi connectivity index (χ0) is 24.5. The SMILES string of the molecule is C[NH2+]CC(=O)N[C@H]1C[C@H]2C(=O)Nc3ccc(/C=C/c4ccc(C(C)(C)C)cc4)cc3C(=O)N2C1. The van der Waals surface area contributed by atoms with Crippen LogP contribution in [0.25, 0.3) is 12.2 Å². The van der Waals surface area contributed by atoms with E-state index in [9.17, 15) is 14.4 Å². The summed E-state index contributed by atoms with van der Waals surface area (Å²) in [5.74, 6) is -0.503. The Bertz CT molecular complexity index is 1130. The van der Waals surface area contributed by atoms with Gasteiger partial charge in [0, 0.05) is 12.6 Å². The zero-order valence-electron chi connectivity index (χ0n) is 20.2. The highest BCUT2D eigenvalue weighted by atomic mass is 16.2. The molecule has 34 heavy (non-hydrogen) atoms. The number of hydrogen-bond donors (Lipinski definition) is 3. The fraction of sp³-hybridized carbons (Fsp3) is 0.370. The van der Waals surface area contributed by atoms with Crippen LogP contribution in [0.3, 0.4) is 0 Å². The van der Waals surface area contributed by atoms with Crippen LogP contribution in [0.15, 0.2) is 42.5 Å². The van der Waals surface area contributed by atoms with Gasteiger partial charge in [0.2, 0.25) is 5.91 Å². The van der Waals surface area contributed by atoms with E-state index in [1.165, 1.54) is 5.56 Å². The van der Waals surface area contributed by atoms with Crippen LogP contribution in [0.5, 0.6) is 0 Å². The van der Waals surface area contributed by atoms with E-state index in [2.05, 4.69) is 55.7 Å². The molecule has 2 atom stereocenters. The van der Waals surface area contributed by atoms with Crippen molar-refractivity contribution in [3.8, 4) is 0 Å². The Morgan fingerprint density at radius 3 is 2.47 bits per heavy atom. The second-order valence-electron chi connectivity index (χ2n) is 10.1. The predicted octanol–water partition coefficient (Wildman–Crippen LogP) is 2.00. The van der Waals surface area contributed by atoms with Crippen molar-refractivity contribution < 1.29 is 19.7 Å². The number of rotatable bonds is 5. The number of amides is 3. The number of nitrogens with one attached hydrogen (secondary N) is 2. The van der Waals surface area contributed by atoms with Gasteiger partial charge in [-0.1, -0.05) is 63.3 Å². The fourth-order valence-electron chi connectivity index (χ4n) is 4.49. The Labute approximate surface area is 200 Å². The van der Waals surface area contributed by atoms with E-state index in [1.54, 1.807) is 16.3 Å². The quantitative estimate of drug-likeness (QED) is 0.595. The molecule has 1 saturated heterocycles. The molecule has 7 heteroatoms. The van der Waals surface area contributed by atoms with Crippen molar-refractivity contribution in [2.24, 2.45) is 0 Å². The highest BCUT2D eigenvalue weighted by Gasteiger charge is 2.43.